The van der Waals surface area contributed by atoms with Crippen LogP contribution < -0.4 is 5.32 Å². The Kier molecular flexibility index (Phi) is 6.67. The highest BCUT2D eigenvalue weighted by atomic mass is 32.1. The number of thiophene rings is 1. The van der Waals surface area contributed by atoms with E-state index < -0.39 is 6.43 Å². The highest BCUT2D eigenvalue weighted by Gasteiger charge is 2.22. The lowest BCUT2D eigenvalue weighted by molar-refractivity contribution is -0.122. The van der Waals surface area contributed by atoms with Crippen LogP contribution in [0, 0.1) is 0 Å². The summed E-state index contributed by atoms with van der Waals surface area (Å²) in [6, 6.07) is 3.93. The maximum Gasteiger partial charge on any atom is 0.251 e. The van der Waals surface area contributed by atoms with E-state index in [0.29, 0.717) is 56.9 Å². The molecular formula is C17H22F2N4O2S. The Morgan fingerprint density at radius 3 is 2.92 bits per heavy atom. The molecule has 1 saturated heterocycles. The molecule has 1 N–H and O–H groups in total. The van der Waals surface area contributed by atoms with Crippen molar-refractivity contribution in [3.05, 3.63) is 23.4 Å². The average Bonchev–Trinajstić information content (AvgIpc) is 3.27. The van der Waals surface area contributed by atoms with E-state index in [4.69, 9.17) is 4.52 Å². The number of piperidine rings is 1. The smallest absolute Gasteiger partial charge is 0.251 e. The predicted octanol–water partition coefficient (Wildman–Crippen LogP) is 2.97. The quantitative estimate of drug-likeness (QED) is 0.758. The molecule has 0 unspecified atom stereocenters. The molecule has 2 aromatic heterocycles. The minimum absolute atomic E-state index is 0.0182. The average molecular weight is 384 g/mol. The molecule has 3 rings (SSSR count). The summed E-state index contributed by atoms with van der Waals surface area (Å²) < 4.78 is 29.9. The molecule has 0 aliphatic carbocycles. The predicted molar refractivity (Wildman–Crippen MR) is 94.2 cm³/mol. The minimum atomic E-state index is -2.30. The van der Waals surface area contributed by atoms with Crippen LogP contribution in [0.2, 0.25) is 0 Å². The first-order chi connectivity index (χ1) is 12.6. The van der Waals surface area contributed by atoms with Gasteiger partial charge in [0, 0.05) is 32.0 Å². The van der Waals surface area contributed by atoms with Gasteiger partial charge in [0.15, 0.2) is 0 Å². The molecule has 1 fully saturated rings. The molecule has 0 aromatic carbocycles. The summed E-state index contributed by atoms with van der Waals surface area (Å²) in [6.45, 7) is 1.02. The van der Waals surface area contributed by atoms with E-state index in [1.54, 1.807) is 16.2 Å². The summed E-state index contributed by atoms with van der Waals surface area (Å²) in [7, 11) is 0. The Morgan fingerprint density at radius 1 is 1.42 bits per heavy atom. The fraction of sp³-hybridized carbons (Fsp3) is 0.588. The summed E-state index contributed by atoms with van der Waals surface area (Å²) >= 11 is 1.55. The molecule has 26 heavy (non-hydrogen) atoms. The van der Waals surface area contributed by atoms with Crippen molar-refractivity contribution in [2.45, 2.75) is 44.6 Å². The second-order valence-electron chi connectivity index (χ2n) is 6.38. The monoisotopic (exact) mass is 384 g/mol. The van der Waals surface area contributed by atoms with Gasteiger partial charge in [-0.3, -0.25) is 9.69 Å². The summed E-state index contributed by atoms with van der Waals surface area (Å²) in [6.07, 6.45) is 0.694. The number of carbonyl (C=O) groups is 1. The summed E-state index contributed by atoms with van der Waals surface area (Å²) in [5.41, 5.74) is 0. The van der Waals surface area contributed by atoms with Crippen molar-refractivity contribution in [3.8, 4) is 10.7 Å². The van der Waals surface area contributed by atoms with Crippen LogP contribution in [0.5, 0.6) is 0 Å². The molecule has 142 valence electrons. The van der Waals surface area contributed by atoms with Crippen LogP contribution in [0.15, 0.2) is 22.0 Å². The Morgan fingerprint density at radius 2 is 2.23 bits per heavy atom. The van der Waals surface area contributed by atoms with Gasteiger partial charge in [0.25, 0.3) is 6.43 Å². The van der Waals surface area contributed by atoms with Gasteiger partial charge in [-0.05, 0) is 30.7 Å². The van der Waals surface area contributed by atoms with Crippen molar-refractivity contribution >= 4 is 17.2 Å². The fourth-order valence-corrected chi connectivity index (χ4v) is 3.67. The van der Waals surface area contributed by atoms with Crippen LogP contribution in [0.3, 0.4) is 0 Å². The van der Waals surface area contributed by atoms with Crippen LogP contribution >= 0.6 is 11.3 Å². The lowest BCUT2D eigenvalue weighted by Gasteiger charge is -2.32. The molecule has 9 heteroatoms. The van der Waals surface area contributed by atoms with Crippen LogP contribution in [-0.4, -0.2) is 53.0 Å². The van der Waals surface area contributed by atoms with E-state index in [-0.39, 0.29) is 18.5 Å². The number of aryl methyl sites for hydroxylation is 1. The topological polar surface area (TPSA) is 71.3 Å². The van der Waals surface area contributed by atoms with Crippen molar-refractivity contribution < 1.29 is 18.1 Å². The van der Waals surface area contributed by atoms with E-state index in [1.165, 1.54) is 0 Å². The number of likely N-dealkylation sites (tertiary alicyclic amines) is 1. The summed E-state index contributed by atoms with van der Waals surface area (Å²) in [5, 5.41) is 8.88. The number of amides is 1. The number of carbonyl (C=O) groups excluding carboxylic acids is 1. The third-order valence-corrected chi connectivity index (χ3v) is 5.22. The molecule has 3 heterocycles. The van der Waals surface area contributed by atoms with E-state index in [1.807, 2.05) is 17.5 Å². The van der Waals surface area contributed by atoms with Gasteiger partial charge in [0.05, 0.1) is 11.4 Å². The molecule has 0 radical (unpaired) electrons. The number of rotatable bonds is 8. The van der Waals surface area contributed by atoms with Gasteiger partial charge in [0.2, 0.25) is 17.6 Å². The number of hydrogen-bond donors (Lipinski definition) is 1. The van der Waals surface area contributed by atoms with E-state index in [2.05, 4.69) is 15.5 Å². The zero-order valence-corrected chi connectivity index (χ0v) is 15.2. The summed E-state index contributed by atoms with van der Waals surface area (Å²) in [4.78, 5) is 19.1. The lowest BCUT2D eigenvalue weighted by Crippen LogP contribution is -2.45. The number of alkyl halides is 2. The van der Waals surface area contributed by atoms with Crippen molar-refractivity contribution in [1.82, 2.24) is 20.4 Å². The Hall–Kier alpha value is -1.87. The highest BCUT2D eigenvalue weighted by molar-refractivity contribution is 7.13. The molecular weight excluding hydrogens is 362 g/mol. The van der Waals surface area contributed by atoms with E-state index in [0.717, 1.165) is 4.88 Å². The van der Waals surface area contributed by atoms with Gasteiger partial charge in [-0.15, -0.1) is 11.3 Å². The molecule has 2 aromatic rings. The third-order valence-electron chi connectivity index (χ3n) is 4.35. The Bertz CT molecular complexity index is 685. The molecule has 0 atom stereocenters. The first-order valence-electron chi connectivity index (χ1n) is 8.76. The first kappa shape index (κ1) is 18.9. The number of halogens is 2. The van der Waals surface area contributed by atoms with Gasteiger partial charge in [-0.2, -0.15) is 4.98 Å². The first-order valence-corrected chi connectivity index (χ1v) is 9.64. The SMILES string of the molecule is O=C(CCCc1nc(-c2cccs2)no1)NC1CCN(CC(F)F)CC1. The Balaban J connectivity index is 1.33. The largest absolute Gasteiger partial charge is 0.353 e. The normalized spacial score (nSPS) is 16.3. The van der Waals surface area contributed by atoms with Crippen molar-refractivity contribution in [3.63, 3.8) is 0 Å². The van der Waals surface area contributed by atoms with Gasteiger partial charge in [-0.1, -0.05) is 11.2 Å². The third kappa shape index (κ3) is 5.57. The number of hydrogen-bond acceptors (Lipinski definition) is 6. The van der Waals surface area contributed by atoms with Crippen molar-refractivity contribution in [2.24, 2.45) is 0 Å². The van der Waals surface area contributed by atoms with Crippen molar-refractivity contribution in [1.29, 1.82) is 0 Å². The molecule has 1 aliphatic rings. The fourth-order valence-electron chi connectivity index (χ4n) is 3.02. The molecule has 1 amide bonds. The van der Waals surface area contributed by atoms with Gasteiger partial charge in [-0.25, -0.2) is 8.78 Å². The van der Waals surface area contributed by atoms with Gasteiger partial charge < -0.3 is 9.84 Å². The zero-order chi connectivity index (χ0) is 18.4. The zero-order valence-electron chi connectivity index (χ0n) is 14.4. The molecule has 0 bridgehead atoms. The second-order valence-corrected chi connectivity index (χ2v) is 7.32. The van der Waals surface area contributed by atoms with Gasteiger partial charge in [0.1, 0.15) is 0 Å². The van der Waals surface area contributed by atoms with Crippen LogP contribution in [0.4, 0.5) is 8.78 Å². The van der Waals surface area contributed by atoms with Crippen LogP contribution in [0.25, 0.3) is 10.7 Å². The number of nitrogens with one attached hydrogen (secondary N) is 1. The maximum absolute atomic E-state index is 12.4. The van der Waals surface area contributed by atoms with Crippen LogP contribution in [0.1, 0.15) is 31.6 Å². The van der Waals surface area contributed by atoms with Crippen molar-refractivity contribution in [2.75, 3.05) is 19.6 Å². The van der Waals surface area contributed by atoms with E-state index >= 15 is 0 Å². The number of aromatic nitrogens is 2. The minimum Gasteiger partial charge on any atom is -0.353 e. The molecule has 1 aliphatic heterocycles. The molecule has 0 saturated carbocycles. The standard InChI is InChI=1S/C17H22F2N4O2S/c18-14(19)11-23-8-6-12(7-9-23)20-15(24)4-1-5-16-21-17(22-25-16)13-3-2-10-26-13/h2-3,10,12,14H,1,4-9,11H2,(H,20,24). The van der Waals surface area contributed by atoms with Crippen LogP contribution in [-0.2, 0) is 11.2 Å². The molecule has 6 nitrogen and oxygen atoms in total. The Labute approximate surface area is 154 Å². The lowest BCUT2D eigenvalue weighted by atomic mass is 10.0. The second kappa shape index (κ2) is 9.18. The van der Waals surface area contributed by atoms with E-state index in [9.17, 15) is 13.6 Å². The van der Waals surface area contributed by atoms with Gasteiger partial charge >= 0.3 is 0 Å². The summed E-state index contributed by atoms with van der Waals surface area (Å²) in [5.74, 6) is 1.09. The number of nitrogens with zero attached hydrogens (tertiary/aromatic N) is 3. The molecule has 0 spiro atoms. The maximum atomic E-state index is 12.4. The highest BCUT2D eigenvalue weighted by Crippen LogP contribution is 2.21.